The Balaban J connectivity index is 1.69. The minimum Gasteiger partial charge on any atom is -0.372 e. The molecule has 0 saturated carbocycles. The highest BCUT2D eigenvalue weighted by atomic mass is 35.5. The maximum Gasteiger partial charge on any atom is 0.0485 e. The van der Waals surface area contributed by atoms with Crippen LogP contribution in [-0.2, 0) is 0 Å². The highest BCUT2D eigenvalue weighted by molar-refractivity contribution is 6.36. The third-order valence-corrected chi connectivity index (χ3v) is 5.93. The highest BCUT2D eigenvalue weighted by Crippen LogP contribution is 2.41. The number of likely N-dealkylation sites (N-methyl/N-ethyl adjacent to an activating group) is 1. The zero-order valence-electron chi connectivity index (χ0n) is 13.2. The van der Waals surface area contributed by atoms with Crippen LogP contribution in [0.3, 0.4) is 0 Å². The van der Waals surface area contributed by atoms with Crippen LogP contribution in [0.2, 0.25) is 5.02 Å². The van der Waals surface area contributed by atoms with Gasteiger partial charge in [0.15, 0.2) is 0 Å². The van der Waals surface area contributed by atoms with Crippen molar-refractivity contribution in [3.63, 3.8) is 0 Å². The molecule has 116 valence electrons. The standard InChI is InChI=1S/C19H23ClN2/c1-21(14-19-10-4-12-22(19)13-5-11-19)18-9-8-17(20)15-6-2-3-7-16(15)18/h2-3,6-9H,4-5,10-14H2,1H3. The second kappa shape index (κ2) is 5.43. The molecule has 0 aromatic heterocycles. The molecule has 0 amide bonds. The van der Waals surface area contributed by atoms with E-state index >= 15 is 0 Å². The van der Waals surface area contributed by atoms with Crippen LogP contribution in [0.4, 0.5) is 5.69 Å². The minimum absolute atomic E-state index is 0.412. The maximum atomic E-state index is 6.37. The molecule has 22 heavy (non-hydrogen) atoms. The zero-order valence-corrected chi connectivity index (χ0v) is 13.9. The van der Waals surface area contributed by atoms with Gasteiger partial charge in [-0.05, 0) is 50.9 Å². The number of hydrogen-bond donors (Lipinski definition) is 0. The van der Waals surface area contributed by atoms with Gasteiger partial charge in [0.05, 0.1) is 0 Å². The van der Waals surface area contributed by atoms with Crippen LogP contribution in [0.15, 0.2) is 36.4 Å². The summed E-state index contributed by atoms with van der Waals surface area (Å²) in [6, 6.07) is 12.7. The Hall–Kier alpha value is -1.25. The first-order valence-electron chi connectivity index (χ1n) is 8.33. The quantitative estimate of drug-likeness (QED) is 0.819. The van der Waals surface area contributed by atoms with Gasteiger partial charge < -0.3 is 4.90 Å². The van der Waals surface area contributed by atoms with E-state index in [2.05, 4.69) is 47.2 Å². The van der Waals surface area contributed by atoms with Gasteiger partial charge in [0.2, 0.25) is 0 Å². The van der Waals surface area contributed by atoms with Crippen molar-refractivity contribution in [2.75, 3.05) is 31.6 Å². The predicted octanol–water partition coefficient (Wildman–Crippen LogP) is 4.56. The van der Waals surface area contributed by atoms with E-state index in [1.807, 2.05) is 6.07 Å². The van der Waals surface area contributed by atoms with Gasteiger partial charge in [0, 0.05) is 40.6 Å². The fourth-order valence-corrected chi connectivity index (χ4v) is 4.82. The Morgan fingerprint density at radius 3 is 2.45 bits per heavy atom. The summed E-state index contributed by atoms with van der Waals surface area (Å²) in [6.07, 6.45) is 5.41. The lowest BCUT2D eigenvalue weighted by molar-refractivity contribution is 0.202. The number of halogens is 1. The Labute approximate surface area is 137 Å². The molecule has 0 unspecified atom stereocenters. The molecule has 0 N–H and O–H groups in total. The van der Waals surface area contributed by atoms with Gasteiger partial charge in [-0.2, -0.15) is 0 Å². The molecular weight excluding hydrogens is 292 g/mol. The second-order valence-corrected chi connectivity index (χ2v) is 7.29. The van der Waals surface area contributed by atoms with Crippen LogP contribution < -0.4 is 4.90 Å². The van der Waals surface area contributed by atoms with Crippen molar-refractivity contribution >= 4 is 28.1 Å². The molecule has 3 heteroatoms. The molecule has 2 fully saturated rings. The summed E-state index contributed by atoms with van der Waals surface area (Å²) in [5.74, 6) is 0. The largest absolute Gasteiger partial charge is 0.372 e. The molecule has 2 aromatic carbocycles. The summed E-state index contributed by atoms with van der Waals surface area (Å²) < 4.78 is 0. The zero-order chi connectivity index (χ0) is 15.2. The number of nitrogens with zero attached hydrogens (tertiary/aromatic N) is 2. The Bertz CT molecular complexity index is 687. The van der Waals surface area contributed by atoms with E-state index in [1.165, 1.54) is 49.8 Å². The number of rotatable bonds is 3. The lowest BCUT2D eigenvalue weighted by Gasteiger charge is -2.37. The predicted molar refractivity (Wildman–Crippen MR) is 95.0 cm³/mol. The van der Waals surface area contributed by atoms with E-state index in [1.54, 1.807) is 0 Å². The monoisotopic (exact) mass is 314 g/mol. The van der Waals surface area contributed by atoms with Gasteiger partial charge in [-0.3, -0.25) is 4.90 Å². The van der Waals surface area contributed by atoms with Crippen LogP contribution in [0.25, 0.3) is 10.8 Å². The molecule has 0 aliphatic carbocycles. The van der Waals surface area contributed by atoms with Crippen molar-refractivity contribution in [3.8, 4) is 0 Å². The molecular formula is C19H23ClN2. The third kappa shape index (κ3) is 2.21. The molecule has 0 radical (unpaired) electrons. The fraction of sp³-hybridized carbons (Fsp3) is 0.474. The lowest BCUT2D eigenvalue weighted by atomic mass is 9.93. The van der Waals surface area contributed by atoms with Crippen molar-refractivity contribution in [1.29, 1.82) is 0 Å². The molecule has 4 rings (SSSR count). The number of anilines is 1. The molecule has 0 atom stereocenters. The Morgan fingerprint density at radius 2 is 1.73 bits per heavy atom. The van der Waals surface area contributed by atoms with Gasteiger partial charge in [-0.25, -0.2) is 0 Å². The van der Waals surface area contributed by atoms with Crippen LogP contribution in [0.5, 0.6) is 0 Å². The van der Waals surface area contributed by atoms with E-state index in [4.69, 9.17) is 11.6 Å². The SMILES string of the molecule is CN(CC12CCCN1CCC2)c1ccc(Cl)c2ccccc12. The summed E-state index contributed by atoms with van der Waals surface area (Å²) in [5.41, 5.74) is 1.71. The first kappa shape index (κ1) is 14.3. The van der Waals surface area contributed by atoms with Crippen LogP contribution in [0.1, 0.15) is 25.7 Å². The normalized spacial score (nSPS) is 20.5. The van der Waals surface area contributed by atoms with Crippen LogP contribution in [0, 0.1) is 0 Å². The summed E-state index contributed by atoms with van der Waals surface area (Å²) in [4.78, 5) is 5.17. The Morgan fingerprint density at radius 1 is 1.05 bits per heavy atom. The molecule has 0 spiro atoms. The summed E-state index contributed by atoms with van der Waals surface area (Å²) in [6.45, 7) is 3.70. The fourth-order valence-electron chi connectivity index (χ4n) is 4.59. The molecule has 0 bridgehead atoms. The van der Waals surface area contributed by atoms with E-state index in [-0.39, 0.29) is 0 Å². The van der Waals surface area contributed by atoms with Gasteiger partial charge in [0.25, 0.3) is 0 Å². The third-order valence-electron chi connectivity index (χ3n) is 5.60. The van der Waals surface area contributed by atoms with Gasteiger partial charge >= 0.3 is 0 Å². The van der Waals surface area contributed by atoms with Crippen LogP contribution in [-0.4, -0.2) is 37.1 Å². The van der Waals surface area contributed by atoms with Gasteiger partial charge in [-0.15, -0.1) is 0 Å². The molecule has 2 aliphatic heterocycles. The van der Waals surface area contributed by atoms with Gasteiger partial charge in [0.1, 0.15) is 0 Å². The smallest absolute Gasteiger partial charge is 0.0485 e. The van der Waals surface area contributed by atoms with E-state index in [0.29, 0.717) is 5.54 Å². The van der Waals surface area contributed by atoms with Crippen molar-refractivity contribution in [3.05, 3.63) is 41.4 Å². The first-order chi connectivity index (χ1) is 10.7. The first-order valence-corrected chi connectivity index (χ1v) is 8.71. The van der Waals surface area contributed by atoms with E-state index in [0.717, 1.165) is 17.0 Å². The molecule has 2 nitrogen and oxygen atoms in total. The van der Waals surface area contributed by atoms with Crippen LogP contribution >= 0.6 is 11.6 Å². The summed E-state index contributed by atoms with van der Waals surface area (Å²) in [7, 11) is 2.24. The van der Waals surface area contributed by atoms with E-state index < -0.39 is 0 Å². The minimum atomic E-state index is 0.412. The molecule has 2 heterocycles. The van der Waals surface area contributed by atoms with Crippen molar-refractivity contribution < 1.29 is 0 Å². The lowest BCUT2D eigenvalue weighted by Crippen LogP contribution is -2.47. The number of fused-ring (bicyclic) bond motifs is 2. The molecule has 2 saturated heterocycles. The van der Waals surface area contributed by atoms with Crippen molar-refractivity contribution in [2.24, 2.45) is 0 Å². The molecule has 2 aliphatic rings. The maximum absolute atomic E-state index is 6.37. The average molecular weight is 315 g/mol. The summed E-state index contributed by atoms with van der Waals surface area (Å²) in [5, 5.41) is 3.26. The summed E-state index contributed by atoms with van der Waals surface area (Å²) >= 11 is 6.37. The topological polar surface area (TPSA) is 6.48 Å². The van der Waals surface area contributed by atoms with E-state index in [9.17, 15) is 0 Å². The Kier molecular flexibility index (Phi) is 3.54. The number of hydrogen-bond acceptors (Lipinski definition) is 2. The van der Waals surface area contributed by atoms with Gasteiger partial charge in [-0.1, -0.05) is 35.9 Å². The molecule has 2 aromatic rings. The second-order valence-electron chi connectivity index (χ2n) is 6.89. The average Bonchev–Trinajstić information content (AvgIpc) is 3.07. The van der Waals surface area contributed by atoms with Crippen molar-refractivity contribution in [2.45, 2.75) is 31.2 Å². The number of benzene rings is 2. The highest BCUT2D eigenvalue weighted by Gasteiger charge is 2.44. The van der Waals surface area contributed by atoms with Crippen molar-refractivity contribution in [1.82, 2.24) is 4.90 Å².